The van der Waals surface area contributed by atoms with E-state index in [4.69, 9.17) is 0 Å². The molecule has 2 heterocycles. The second kappa shape index (κ2) is 5.66. The quantitative estimate of drug-likeness (QED) is 0.801. The van der Waals surface area contributed by atoms with Gasteiger partial charge in [-0.15, -0.1) is 11.3 Å². The Morgan fingerprint density at radius 2 is 2.10 bits per heavy atom. The largest absolute Gasteiger partial charge is 0.298 e. The highest BCUT2D eigenvalue weighted by atomic mass is 32.1. The molecule has 0 aliphatic carbocycles. The summed E-state index contributed by atoms with van der Waals surface area (Å²) >= 11 is 1.40. The number of benzene rings is 1. The Hall–Kier alpha value is -2.47. The van der Waals surface area contributed by atoms with Gasteiger partial charge in [0.15, 0.2) is 5.13 Å². The highest BCUT2D eigenvalue weighted by Gasteiger charge is 2.07. The predicted molar refractivity (Wildman–Crippen MR) is 77.8 cm³/mol. The molecule has 1 aromatic carbocycles. The van der Waals surface area contributed by atoms with E-state index in [1.807, 2.05) is 46.6 Å². The predicted octanol–water partition coefficient (Wildman–Crippen LogP) is 2.64. The van der Waals surface area contributed by atoms with Gasteiger partial charge in [0.1, 0.15) is 0 Å². The van der Waals surface area contributed by atoms with Gasteiger partial charge in [0.05, 0.1) is 6.54 Å². The summed E-state index contributed by atoms with van der Waals surface area (Å²) in [7, 11) is 0. The third kappa shape index (κ3) is 2.92. The second-order valence-electron chi connectivity index (χ2n) is 4.19. The van der Waals surface area contributed by atoms with Crippen molar-refractivity contribution in [2.24, 2.45) is 0 Å². The summed E-state index contributed by atoms with van der Waals surface area (Å²) in [6.45, 7) is 0.696. The number of carbonyl (C=O) groups is 1. The summed E-state index contributed by atoms with van der Waals surface area (Å²) in [4.78, 5) is 16.0. The second-order valence-corrected chi connectivity index (χ2v) is 5.09. The van der Waals surface area contributed by atoms with Gasteiger partial charge in [0.2, 0.25) is 0 Å². The van der Waals surface area contributed by atoms with E-state index in [1.165, 1.54) is 11.3 Å². The fourth-order valence-corrected chi connectivity index (χ4v) is 2.32. The molecule has 1 amide bonds. The highest BCUT2D eigenvalue weighted by molar-refractivity contribution is 7.13. The first kappa shape index (κ1) is 12.6. The third-order valence-corrected chi connectivity index (χ3v) is 3.46. The zero-order valence-corrected chi connectivity index (χ0v) is 11.4. The Morgan fingerprint density at radius 1 is 1.25 bits per heavy atom. The van der Waals surface area contributed by atoms with Gasteiger partial charge in [-0.3, -0.25) is 14.8 Å². The minimum absolute atomic E-state index is 0.148. The van der Waals surface area contributed by atoms with Crippen molar-refractivity contribution < 1.29 is 4.79 Å². The van der Waals surface area contributed by atoms with E-state index < -0.39 is 0 Å². The Balaban J connectivity index is 1.68. The number of thiazole rings is 1. The number of aromatic nitrogens is 3. The maximum Gasteiger partial charge on any atom is 0.257 e. The van der Waals surface area contributed by atoms with Crippen molar-refractivity contribution in [2.45, 2.75) is 6.54 Å². The summed E-state index contributed by atoms with van der Waals surface area (Å²) in [6.07, 6.45) is 5.31. The molecule has 3 aromatic rings. The van der Waals surface area contributed by atoms with Crippen LogP contribution < -0.4 is 5.32 Å². The molecule has 0 atom stereocenters. The maximum atomic E-state index is 12.0. The SMILES string of the molecule is O=C(Nc1nccs1)c1ccc(Cn2cccn2)cc1. The standard InChI is InChI=1S/C14H12N4OS/c19-13(17-14-15-7-9-20-14)12-4-2-11(3-5-12)10-18-8-1-6-16-18/h1-9H,10H2,(H,15,17,19). The van der Waals surface area contributed by atoms with Crippen LogP contribution in [0.3, 0.4) is 0 Å². The summed E-state index contributed by atoms with van der Waals surface area (Å²) in [5.41, 5.74) is 1.71. The third-order valence-electron chi connectivity index (χ3n) is 2.77. The van der Waals surface area contributed by atoms with E-state index in [9.17, 15) is 4.79 Å². The number of anilines is 1. The lowest BCUT2D eigenvalue weighted by atomic mass is 10.1. The van der Waals surface area contributed by atoms with Crippen LogP contribution in [0, 0.1) is 0 Å². The molecule has 0 unspecified atom stereocenters. The lowest BCUT2D eigenvalue weighted by molar-refractivity contribution is 0.102. The number of carbonyl (C=O) groups excluding carboxylic acids is 1. The molecule has 0 aliphatic heterocycles. The molecule has 0 spiro atoms. The summed E-state index contributed by atoms with van der Waals surface area (Å²) in [5.74, 6) is -0.148. The monoisotopic (exact) mass is 284 g/mol. The molecule has 5 nitrogen and oxygen atoms in total. The molecule has 0 bridgehead atoms. The number of amides is 1. The molecule has 20 heavy (non-hydrogen) atoms. The Morgan fingerprint density at radius 3 is 2.75 bits per heavy atom. The van der Waals surface area contributed by atoms with Crippen molar-refractivity contribution >= 4 is 22.4 Å². The minimum atomic E-state index is -0.148. The summed E-state index contributed by atoms with van der Waals surface area (Å²) < 4.78 is 1.84. The smallest absolute Gasteiger partial charge is 0.257 e. The van der Waals surface area contributed by atoms with E-state index in [2.05, 4.69) is 15.4 Å². The first-order valence-corrected chi connectivity index (χ1v) is 6.96. The zero-order chi connectivity index (χ0) is 13.8. The molecule has 1 N–H and O–H groups in total. The van der Waals surface area contributed by atoms with Crippen LogP contribution in [-0.4, -0.2) is 20.7 Å². The Kier molecular flexibility index (Phi) is 3.56. The van der Waals surface area contributed by atoms with Crippen LogP contribution in [-0.2, 0) is 6.54 Å². The van der Waals surface area contributed by atoms with E-state index >= 15 is 0 Å². The van der Waals surface area contributed by atoms with Crippen molar-refractivity contribution in [1.29, 1.82) is 0 Å². The number of hydrogen-bond donors (Lipinski definition) is 1. The van der Waals surface area contributed by atoms with Crippen molar-refractivity contribution in [3.63, 3.8) is 0 Å². The fourth-order valence-electron chi connectivity index (χ4n) is 1.80. The molecular weight excluding hydrogens is 272 g/mol. The van der Waals surface area contributed by atoms with Crippen LogP contribution in [0.5, 0.6) is 0 Å². The molecule has 2 aromatic heterocycles. The average molecular weight is 284 g/mol. The Bertz CT molecular complexity index is 675. The van der Waals surface area contributed by atoms with E-state index in [0.29, 0.717) is 17.2 Å². The van der Waals surface area contributed by atoms with Crippen molar-refractivity contribution in [3.05, 3.63) is 65.4 Å². The molecule has 0 radical (unpaired) electrons. The maximum absolute atomic E-state index is 12.0. The normalized spacial score (nSPS) is 10.4. The van der Waals surface area contributed by atoms with Crippen LogP contribution in [0.4, 0.5) is 5.13 Å². The van der Waals surface area contributed by atoms with E-state index in [1.54, 1.807) is 12.4 Å². The first-order valence-electron chi connectivity index (χ1n) is 6.08. The molecule has 0 aliphatic rings. The van der Waals surface area contributed by atoms with Gasteiger partial charge < -0.3 is 0 Å². The van der Waals surface area contributed by atoms with Crippen LogP contribution >= 0.6 is 11.3 Å². The van der Waals surface area contributed by atoms with Gasteiger partial charge in [-0.05, 0) is 23.8 Å². The zero-order valence-electron chi connectivity index (χ0n) is 10.6. The Labute approximate surface area is 119 Å². The van der Waals surface area contributed by atoms with Crippen molar-refractivity contribution in [1.82, 2.24) is 14.8 Å². The summed E-state index contributed by atoms with van der Waals surface area (Å²) in [5, 5.41) is 9.33. The van der Waals surface area contributed by atoms with Crippen molar-refractivity contribution in [3.8, 4) is 0 Å². The fraction of sp³-hybridized carbons (Fsp3) is 0.0714. The lowest BCUT2D eigenvalue weighted by Crippen LogP contribution is -2.11. The minimum Gasteiger partial charge on any atom is -0.298 e. The number of rotatable bonds is 4. The number of hydrogen-bond acceptors (Lipinski definition) is 4. The van der Waals surface area contributed by atoms with Gasteiger partial charge in [-0.1, -0.05) is 12.1 Å². The van der Waals surface area contributed by atoms with Crippen LogP contribution in [0.25, 0.3) is 0 Å². The van der Waals surface area contributed by atoms with Gasteiger partial charge in [-0.2, -0.15) is 5.10 Å². The molecule has 0 fully saturated rings. The molecule has 0 saturated heterocycles. The average Bonchev–Trinajstić information content (AvgIpc) is 3.13. The number of nitrogens with one attached hydrogen (secondary N) is 1. The summed E-state index contributed by atoms with van der Waals surface area (Å²) in [6, 6.07) is 9.36. The molecule has 0 saturated carbocycles. The molecule has 100 valence electrons. The number of nitrogens with zero attached hydrogens (tertiary/aromatic N) is 3. The molecular formula is C14H12N4OS. The van der Waals surface area contributed by atoms with Crippen LogP contribution in [0.15, 0.2) is 54.3 Å². The topological polar surface area (TPSA) is 59.8 Å². The van der Waals surface area contributed by atoms with Gasteiger partial charge in [-0.25, -0.2) is 4.98 Å². The highest BCUT2D eigenvalue weighted by Crippen LogP contribution is 2.13. The van der Waals surface area contributed by atoms with E-state index in [0.717, 1.165) is 5.56 Å². The molecule has 6 heteroatoms. The lowest BCUT2D eigenvalue weighted by Gasteiger charge is -2.04. The van der Waals surface area contributed by atoms with Gasteiger partial charge in [0, 0.05) is 29.5 Å². The van der Waals surface area contributed by atoms with E-state index in [-0.39, 0.29) is 5.91 Å². The van der Waals surface area contributed by atoms with Crippen LogP contribution in [0.2, 0.25) is 0 Å². The van der Waals surface area contributed by atoms with Crippen molar-refractivity contribution in [2.75, 3.05) is 5.32 Å². The molecule has 3 rings (SSSR count). The van der Waals surface area contributed by atoms with Crippen LogP contribution in [0.1, 0.15) is 15.9 Å². The van der Waals surface area contributed by atoms with Gasteiger partial charge in [0.25, 0.3) is 5.91 Å². The first-order chi connectivity index (χ1) is 9.81. The van der Waals surface area contributed by atoms with Gasteiger partial charge >= 0.3 is 0 Å².